The number of nitrogens with zero attached hydrogens (tertiary/aromatic N) is 2. The minimum absolute atomic E-state index is 0.957. The molecule has 3 heteroatoms. The number of para-hydroxylation sites is 1. The molecule has 2 aliphatic rings. The Balaban J connectivity index is 1.25. The Bertz CT molecular complexity index is 420. The van der Waals surface area contributed by atoms with Gasteiger partial charge >= 0.3 is 0 Å². The van der Waals surface area contributed by atoms with Gasteiger partial charge in [-0.15, -0.1) is 0 Å². The van der Waals surface area contributed by atoms with E-state index in [4.69, 9.17) is 0 Å². The van der Waals surface area contributed by atoms with Crippen LogP contribution in [-0.4, -0.2) is 50.7 Å². The van der Waals surface area contributed by atoms with Crippen molar-refractivity contribution in [3.05, 3.63) is 30.3 Å². The molecular formula is C20H33N3. The van der Waals surface area contributed by atoms with Crippen molar-refractivity contribution in [3.63, 3.8) is 0 Å². The molecular weight excluding hydrogens is 282 g/mol. The van der Waals surface area contributed by atoms with Gasteiger partial charge in [0.1, 0.15) is 0 Å². The van der Waals surface area contributed by atoms with Crippen molar-refractivity contribution in [1.29, 1.82) is 0 Å². The van der Waals surface area contributed by atoms with Crippen LogP contribution in [-0.2, 0) is 0 Å². The lowest BCUT2D eigenvalue weighted by molar-refractivity contribution is 0.252. The molecule has 0 amide bonds. The van der Waals surface area contributed by atoms with Crippen molar-refractivity contribution >= 4 is 5.69 Å². The minimum atomic E-state index is 0.957. The number of hydrogen-bond donors (Lipinski definition) is 1. The summed E-state index contributed by atoms with van der Waals surface area (Å²) < 4.78 is 0. The highest BCUT2D eigenvalue weighted by molar-refractivity contribution is 5.46. The van der Waals surface area contributed by atoms with Gasteiger partial charge in [-0.3, -0.25) is 4.90 Å². The molecule has 1 N–H and O–H groups in total. The first-order chi connectivity index (χ1) is 11.4. The molecule has 1 aromatic rings. The molecule has 0 unspecified atom stereocenters. The molecule has 1 saturated heterocycles. The molecule has 0 aromatic heterocycles. The van der Waals surface area contributed by atoms with E-state index in [1.807, 2.05) is 0 Å². The molecule has 1 aromatic carbocycles. The molecule has 0 bridgehead atoms. The summed E-state index contributed by atoms with van der Waals surface area (Å²) in [6.45, 7) is 8.44. The minimum Gasteiger partial charge on any atom is -0.369 e. The van der Waals surface area contributed by atoms with Gasteiger partial charge in [-0.1, -0.05) is 37.5 Å². The lowest BCUT2D eigenvalue weighted by Gasteiger charge is -2.36. The summed E-state index contributed by atoms with van der Waals surface area (Å²) >= 11 is 0. The lowest BCUT2D eigenvalue weighted by Crippen LogP contribution is -2.47. The van der Waals surface area contributed by atoms with Crippen LogP contribution in [0, 0.1) is 5.92 Å². The van der Waals surface area contributed by atoms with E-state index in [-0.39, 0.29) is 0 Å². The highest BCUT2D eigenvalue weighted by atomic mass is 15.3. The third kappa shape index (κ3) is 5.50. The van der Waals surface area contributed by atoms with Gasteiger partial charge in [-0.25, -0.2) is 0 Å². The molecule has 3 rings (SSSR count). The van der Waals surface area contributed by atoms with Crippen LogP contribution in [0.1, 0.15) is 38.5 Å². The molecule has 128 valence electrons. The van der Waals surface area contributed by atoms with E-state index in [9.17, 15) is 0 Å². The Hall–Kier alpha value is -1.06. The van der Waals surface area contributed by atoms with Gasteiger partial charge < -0.3 is 10.2 Å². The zero-order valence-electron chi connectivity index (χ0n) is 14.6. The van der Waals surface area contributed by atoms with Gasteiger partial charge in [0.15, 0.2) is 0 Å². The Morgan fingerprint density at radius 3 is 2.39 bits per heavy atom. The van der Waals surface area contributed by atoms with Crippen LogP contribution in [0.5, 0.6) is 0 Å². The molecule has 1 saturated carbocycles. The Labute approximate surface area is 142 Å². The van der Waals surface area contributed by atoms with E-state index in [0.717, 1.165) is 5.92 Å². The van der Waals surface area contributed by atoms with E-state index < -0.39 is 0 Å². The summed E-state index contributed by atoms with van der Waals surface area (Å²) in [5.41, 5.74) is 1.38. The zero-order valence-corrected chi connectivity index (χ0v) is 14.6. The SMILES string of the molecule is c1ccc(N2CCN(CCCNCC3CCCCC3)CC2)cc1. The molecule has 0 spiro atoms. The van der Waals surface area contributed by atoms with Crippen LogP contribution in [0.3, 0.4) is 0 Å². The van der Waals surface area contributed by atoms with Crippen molar-refractivity contribution in [3.8, 4) is 0 Å². The standard InChI is InChI=1S/C20H33N3/c1-3-8-19(9-4-1)18-21-12-7-13-22-14-16-23(17-15-22)20-10-5-2-6-11-20/h2,5-6,10-11,19,21H,1,3-4,7-9,12-18H2. The fraction of sp³-hybridized carbons (Fsp3) is 0.700. The number of anilines is 1. The summed E-state index contributed by atoms with van der Waals surface area (Å²) in [5, 5.41) is 3.69. The highest BCUT2D eigenvalue weighted by Crippen LogP contribution is 2.22. The first-order valence-electron chi connectivity index (χ1n) is 9.65. The van der Waals surface area contributed by atoms with Crippen molar-refractivity contribution < 1.29 is 0 Å². The summed E-state index contributed by atoms with van der Waals surface area (Å²) in [5.74, 6) is 0.957. The molecule has 1 heterocycles. The van der Waals surface area contributed by atoms with Crippen molar-refractivity contribution in [1.82, 2.24) is 10.2 Å². The third-order valence-corrected chi connectivity index (χ3v) is 5.48. The summed E-state index contributed by atoms with van der Waals surface area (Å²) in [7, 11) is 0. The van der Waals surface area contributed by atoms with E-state index >= 15 is 0 Å². The fourth-order valence-electron chi connectivity index (χ4n) is 3.99. The van der Waals surface area contributed by atoms with E-state index in [0.29, 0.717) is 0 Å². The Kier molecular flexibility index (Phi) is 6.78. The third-order valence-electron chi connectivity index (χ3n) is 5.48. The molecule has 2 fully saturated rings. The van der Waals surface area contributed by atoms with Crippen LogP contribution in [0.2, 0.25) is 0 Å². The molecule has 0 atom stereocenters. The first kappa shape index (κ1) is 16.8. The van der Waals surface area contributed by atoms with Gasteiger partial charge in [0.2, 0.25) is 0 Å². The normalized spacial score (nSPS) is 20.8. The van der Waals surface area contributed by atoms with Crippen LogP contribution >= 0.6 is 0 Å². The maximum Gasteiger partial charge on any atom is 0.0367 e. The quantitative estimate of drug-likeness (QED) is 0.778. The summed E-state index contributed by atoms with van der Waals surface area (Å²) in [6.07, 6.45) is 8.57. The second-order valence-electron chi connectivity index (χ2n) is 7.23. The van der Waals surface area contributed by atoms with Crippen molar-refractivity contribution in [2.45, 2.75) is 38.5 Å². The summed E-state index contributed by atoms with van der Waals surface area (Å²) in [4.78, 5) is 5.14. The maximum absolute atomic E-state index is 3.69. The average molecular weight is 316 g/mol. The van der Waals surface area contributed by atoms with Crippen molar-refractivity contribution in [2.75, 3.05) is 50.7 Å². The van der Waals surface area contributed by atoms with E-state index in [1.165, 1.54) is 90.0 Å². The fourth-order valence-corrected chi connectivity index (χ4v) is 3.99. The second kappa shape index (κ2) is 9.29. The zero-order chi connectivity index (χ0) is 15.7. The predicted molar refractivity (Wildman–Crippen MR) is 99.2 cm³/mol. The van der Waals surface area contributed by atoms with E-state index in [2.05, 4.69) is 45.4 Å². The topological polar surface area (TPSA) is 18.5 Å². The number of nitrogens with one attached hydrogen (secondary N) is 1. The first-order valence-corrected chi connectivity index (χ1v) is 9.65. The molecule has 0 radical (unpaired) electrons. The van der Waals surface area contributed by atoms with E-state index in [1.54, 1.807) is 0 Å². The van der Waals surface area contributed by atoms with Gasteiger partial charge in [0.25, 0.3) is 0 Å². The number of rotatable bonds is 7. The number of benzene rings is 1. The van der Waals surface area contributed by atoms with Gasteiger partial charge in [-0.05, 0) is 56.9 Å². The maximum atomic E-state index is 3.69. The van der Waals surface area contributed by atoms with Crippen molar-refractivity contribution in [2.24, 2.45) is 5.92 Å². The number of hydrogen-bond acceptors (Lipinski definition) is 3. The van der Waals surface area contributed by atoms with Gasteiger partial charge in [-0.2, -0.15) is 0 Å². The predicted octanol–water partition coefficient (Wildman–Crippen LogP) is 3.37. The lowest BCUT2D eigenvalue weighted by atomic mass is 9.89. The van der Waals surface area contributed by atoms with Gasteiger partial charge in [0, 0.05) is 31.9 Å². The van der Waals surface area contributed by atoms with Gasteiger partial charge in [0.05, 0.1) is 0 Å². The largest absolute Gasteiger partial charge is 0.369 e. The number of piperazine rings is 1. The van der Waals surface area contributed by atoms with Crippen LogP contribution in [0.4, 0.5) is 5.69 Å². The molecule has 23 heavy (non-hydrogen) atoms. The second-order valence-corrected chi connectivity index (χ2v) is 7.23. The monoisotopic (exact) mass is 315 g/mol. The van der Waals surface area contributed by atoms with Crippen LogP contribution in [0.25, 0.3) is 0 Å². The highest BCUT2D eigenvalue weighted by Gasteiger charge is 2.16. The average Bonchev–Trinajstić information content (AvgIpc) is 2.64. The Morgan fingerprint density at radius 2 is 1.65 bits per heavy atom. The molecule has 3 nitrogen and oxygen atoms in total. The molecule has 1 aliphatic carbocycles. The van der Waals surface area contributed by atoms with Crippen LogP contribution < -0.4 is 10.2 Å². The van der Waals surface area contributed by atoms with Crippen LogP contribution in [0.15, 0.2) is 30.3 Å². The Morgan fingerprint density at radius 1 is 0.913 bits per heavy atom. The smallest absolute Gasteiger partial charge is 0.0367 e. The molecule has 1 aliphatic heterocycles. The summed E-state index contributed by atoms with van der Waals surface area (Å²) in [6, 6.07) is 10.8.